The molecule has 22 heavy (non-hydrogen) atoms. The Balaban J connectivity index is 2.07. The lowest BCUT2D eigenvalue weighted by atomic mass is 10.2. The van der Waals surface area contributed by atoms with Gasteiger partial charge in [-0.3, -0.25) is 15.0 Å². The van der Waals surface area contributed by atoms with Crippen molar-refractivity contribution in [3.05, 3.63) is 54.0 Å². The van der Waals surface area contributed by atoms with Crippen LogP contribution in [-0.4, -0.2) is 27.3 Å². The second-order valence-corrected chi connectivity index (χ2v) is 5.82. The van der Waals surface area contributed by atoms with Crippen LogP contribution in [0.5, 0.6) is 0 Å². The maximum Gasteiger partial charge on any atom is 0.301 e. The van der Waals surface area contributed by atoms with Crippen molar-refractivity contribution >= 4 is 21.8 Å². The summed E-state index contributed by atoms with van der Waals surface area (Å²) in [5.41, 5.74) is 2.34. The zero-order chi connectivity index (χ0) is 16.2. The lowest BCUT2D eigenvalue weighted by Gasteiger charge is -2.08. The number of benzene rings is 1. The molecular weight excluding hydrogens is 310 g/mol. The number of amides is 2. The van der Waals surface area contributed by atoms with Crippen LogP contribution >= 0.6 is 0 Å². The summed E-state index contributed by atoms with van der Waals surface area (Å²) in [5.74, 6) is -1.09. The second kappa shape index (κ2) is 6.41. The number of sulfonamides is 1. The third-order valence-corrected chi connectivity index (χ3v) is 3.96. The summed E-state index contributed by atoms with van der Waals surface area (Å²) in [6.45, 7) is 0. The first kappa shape index (κ1) is 15.7. The zero-order valence-electron chi connectivity index (χ0n) is 11.5. The molecule has 0 bridgehead atoms. The standard InChI is InChI=1S/C13H13N3O5S/c1-14-12(17)9-4-6-10(7-5-9)22(19,20)16-15-13(18)11-3-2-8-21-11/h2-8,16H,1H3,(H,14,17)(H,15,18). The number of carbonyl (C=O) groups excluding carboxylic acids is 2. The largest absolute Gasteiger partial charge is 0.459 e. The molecule has 3 N–H and O–H groups in total. The van der Waals surface area contributed by atoms with E-state index in [1.165, 1.54) is 49.7 Å². The maximum absolute atomic E-state index is 12.0. The molecule has 0 unspecified atom stereocenters. The highest BCUT2D eigenvalue weighted by Crippen LogP contribution is 2.10. The lowest BCUT2D eigenvalue weighted by Crippen LogP contribution is -2.41. The van der Waals surface area contributed by atoms with E-state index < -0.39 is 15.9 Å². The van der Waals surface area contributed by atoms with E-state index in [0.717, 1.165) is 0 Å². The average Bonchev–Trinajstić information content (AvgIpc) is 3.06. The van der Waals surface area contributed by atoms with Crippen molar-refractivity contribution in [1.29, 1.82) is 0 Å². The summed E-state index contributed by atoms with van der Waals surface area (Å²) in [5, 5.41) is 2.42. The van der Waals surface area contributed by atoms with Crippen LogP contribution in [0.15, 0.2) is 52.0 Å². The quantitative estimate of drug-likeness (QED) is 0.682. The predicted molar refractivity (Wildman–Crippen MR) is 76.3 cm³/mol. The molecule has 2 rings (SSSR count). The maximum atomic E-state index is 12.0. The van der Waals surface area contributed by atoms with E-state index in [2.05, 4.69) is 5.32 Å². The highest BCUT2D eigenvalue weighted by Gasteiger charge is 2.17. The molecular formula is C13H13N3O5S. The Morgan fingerprint density at radius 1 is 1.05 bits per heavy atom. The fourth-order valence-electron chi connectivity index (χ4n) is 1.57. The molecule has 1 aromatic carbocycles. The molecule has 8 nitrogen and oxygen atoms in total. The van der Waals surface area contributed by atoms with Gasteiger partial charge in [0.1, 0.15) is 0 Å². The Hall–Kier alpha value is -2.65. The average molecular weight is 323 g/mol. The van der Waals surface area contributed by atoms with Crippen LogP contribution < -0.4 is 15.6 Å². The minimum Gasteiger partial charge on any atom is -0.459 e. The van der Waals surface area contributed by atoms with Crippen LogP contribution in [-0.2, 0) is 10.0 Å². The van der Waals surface area contributed by atoms with Crippen molar-refractivity contribution in [2.75, 3.05) is 7.05 Å². The Morgan fingerprint density at radius 2 is 1.73 bits per heavy atom. The number of carbonyl (C=O) groups is 2. The van der Waals surface area contributed by atoms with Gasteiger partial charge in [-0.1, -0.05) is 0 Å². The molecule has 0 saturated heterocycles. The van der Waals surface area contributed by atoms with E-state index in [9.17, 15) is 18.0 Å². The monoisotopic (exact) mass is 323 g/mol. The van der Waals surface area contributed by atoms with E-state index in [1.54, 1.807) is 0 Å². The van der Waals surface area contributed by atoms with Gasteiger partial charge in [0, 0.05) is 12.6 Å². The smallest absolute Gasteiger partial charge is 0.301 e. The second-order valence-electron chi connectivity index (χ2n) is 4.14. The van der Waals surface area contributed by atoms with Crippen LogP contribution in [0.4, 0.5) is 0 Å². The van der Waals surface area contributed by atoms with Gasteiger partial charge in [0.05, 0.1) is 11.2 Å². The van der Waals surface area contributed by atoms with Gasteiger partial charge in [-0.2, -0.15) is 0 Å². The van der Waals surface area contributed by atoms with Gasteiger partial charge in [-0.25, -0.2) is 8.42 Å². The first-order valence-corrected chi connectivity index (χ1v) is 7.60. The summed E-state index contributed by atoms with van der Waals surface area (Å²) in [7, 11) is -2.48. The molecule has 0 aliphatic rings. The Kier molecular flexibility index (Phi) is 4.59. The molecule has 0 aliphatic heterocycles. The van der Waals surface area contributed by atoms with Crippen molar-refractivity contribution in [1.82, 2.24) is 15.6 Å². The third-order valence-electron chi connectivity index (χ3n) is 2.70. The third kappa shape index (κ3) is 3.51. The van der Waals surface area contributed by atoms with E-state index in [0.29, 0.717) is 5.56 Å². The Labute approximate surface area is 126 Å². The molecule has 0 atom stereocenters. The minimum absolute atomic E-state index is 0.0299. The van der Waals surface area contributed by atoms with Crippen molar-refractivity contribution < 1.29 is 22.4 Å². The van der Waals surface area contributed by atoms with E-state index >= 15 is 0 Å². The number of hydrogen-bond acceptors (Lipinski definition) is 5. The summed E-state index contributed by atoms with van der Waals surface area (Å²) in [6.07, 6.45) is 1.29. The van der Waals surface area contributed by atoms with Crippen LogP contribution in [0.2, 0.25) is 0 Å². The molecule has 1 aromatic heterocycles. The zero-order valence-corrected chi connectivity index (χ0v) is 12.3. The Bertz CT molecular complexity index is 767. The minimum atomic E-state index is -3.95. The highest BCUT2D eigenvalue weighted by molar-refractivity contribution is 7.89. The summed E-state index contributed by atoms with van der Waals surface area (Å²) in [4.78, 5) is 24.8. The van der Waals surface area contributed by atoms with Crippen LogP contribution in [0.3, 0.4) is 0 Å². The van der Waals surface area contributed by atoms with Gasteiger partial charge >= 0.3 is 5.91 Å². The fraction of sp³-hybridized carbons (Fsp3) is 0.0769. The molecule has 0 saturated carbocycles. The number of hydrazine groups is 1. The first-order valence-electron chi connectivity index (χ1n) is 6.12. The van der Waals surface area contributed by atoms with E-state index in [-0.39, 0.29) is 16.6 Å². The van der Waals surface area contributed by atoms with Crippen molar-refractivity contribution in [2.45, 2.75) is 4.90 Å². The van der Waals surface area contributed by atoms with Gasteiger partial charge in [-0.05, 0) is 36.4 Å². The van der Waals surface area contributed by atoms with Gasteiger partial charge in [-0.15, -0.1) is 4.83 Å². The number of furan rings is 1. The fourth-order valence-corrected chi connectivity index (χ4v) is 2.41. The van der Waals surface area contributed by atoms with Gasteiger partial charge < -0.3 is 9.73 Å². The molecule has 0 spiro atoms. The van der Waals surface area contributed by atoms with Crippen molar-refractivity contribution in [3.63, 3.8) is 0 Å². The highest BCUT2D eigenvalue weighted by atomic mass is 32.2. The topological polar surface area (TPSA) is 118 Å². The summed E-state index contributed by atoms with van der Waals surface area (Å²) >= 11 is 0. The van der Waals surface area contributed by atoms with E-state index in [1.807, 2.05) is 10.3 Å². The number of rotatable bonds is 5. The normalized spacial score (nSPS) is 11.0. The first-order chi connectivity index (χ1) is 10.4. The molecule has 0 fully saturated rings. The predicted octanol–water partition coefficient (Wildman–Crippen LogP) is 0.263. The molecule has 9 heteroatoms. The Morgan fingerprint density at radius 3 is 2.27 bits per heavy atom. The van der Waals surface area contributed by atoms with Gasteiger partial charge in [0.15, 0.2) is 5.76 Å². The van der Waals surface area contributed by atoms with Gasteiger partial charge in [0.25, 0.3) is 15.9 Å². The summed E-state index contributed by atoms with van der Waals surface area (Å²) < 4.78 is 28.8. The van der Waals surface area contributed by atoms with E-state index in [4.69, 9.17) is 4.42 Å². The molecule has 116 valence electrons. The van der Waals surface area contributed by atoms with Crippen LogP contribution in [0.1, 0.15) is 20.9 Å². The number of hydrogen-bond donors (Lipinski definition) is 3. The molecule has 2 aromatic rings. The molecule has 2 amide bonds. The van der Waals surface area contributed by atoms with Crippen LogP contribution in [0, 0.1) is 0 Å². The lowest BCUT2D eigenvalue weighted by molar-refractivity contribution is 0.0916. The van der Waals surface area contributed by atoms with Crippen molar-refractivity contribution in [3.8, 4) is 0 Å². The molecule has 0 radical (unpaired) electrons. The summed E-state index contributed by atoms with van der Waals surface area (Å²) in [6, 6.07) is 8.13. The molecule has 1 heterocycles. The number of nitrogens with one attached hydrogen (secondary N) is 3. The van der Waals surface area contributed by atoms with Crippen molar-refractivity contribution in [2.24, 2.45) is 0 Å². The molecule has 0 aliphatic carbocycles. The SMILES string of the molecule is CNC(=O)c1ccc(S(=O)(=O)NNC(=O)c2ccco2)cc1. The van der Waals surface area contributed by atoms with Crippen LogP contribution in [0.25, 0.3) is 0 Å². The van der Waals surface area contributed by atoms with Gasteiger partial charge in [0.2, 0.25) is 0 Å².